The molecule has 0 aromatic heterocycles. The summed E-state index contributed by atoms with van der Waals surface area (Å²) in [6.07, 6.45) is 6.26. The van der Waals surface area contributed by atoms with Crippen LogP contribution in [0.25, 0.3) is 0 Å². The normalized spacial score (nSPS) is 22.3. The van der Waals surface area contributed by atoms with E-state index in [9.17, 15) is 4.79 Å². The number of piperidine rings is 1. The maximum Gasteiger partial charge on any atom is 0.222 e. The van der Waals surface area contributed by atoms with Gasteiger partial charge in [0, 0.05) is 52.2 Å². The quantitative estimate of drug-likeness (QED) is 0.704. The predicted molar refractivity (Wildman–Crippen MR) is 107 cm³/mol. The molecule has 1 atom stereocenters. The van der Waals surface area contributed by atoms with Crippen LogP contribution < -0.4 is 0 Å². The number of benzene rings is 1. The molecule has 26 heavy (non-hydrogen) atoms. The third kappa shape index (κ3) is 5.68. The number of carbonyl (C=O) groups excluding carboxylic acids is 1. The molecule has 2 aliphatic heterocycles. The van der Waals surface area contributed by atoms with Crippen LogP contribution in [0, 0.1) is 5.92 Å². The van der Waals surface area contributed by atoms with Gasteiger partial charge in [-0.25, -0.2) is 0 Å². The number of hydrogen-bond donors (Lipinski definition) is 0. The van der Waals surface area contributed by atoms with Crippen LogP contribution in [0.2, 0.25) is 0 Å². The molecule has 2 saturated heterocycles. The number of carbonyl (C=O) groups is 1. The Hall–Kier alpha value is -1.65. The standard InChI is InChI=1S/C22H33N3O/c1-2-12-23-13-6-9-21(19-23)10-11-22(26)25-16-14-24(15-17-25)18-20-7-4-3-5-8-20/h2-5,7-8,21H,1,6,9-19H2/t21-/m1/s1. The molecule has 142 valence electrons. The molecule has 1 aromatic rings. The average molecular weight is 356 g/mol. The van der Waals surface area contributed by atoms with Crippen molar-refractivity contribution in [2.24, 2.45) is 5.92 Å². The Bertz CT molecular complexity index is 566. The Kier molecular flexibility index (Phi) is 7.27. The van der Waals surface area contributed by atoms with Gasteiger partial charge in [-0.2, -0.15) is 0 Å². The van der Waals surface area contributed by atoms with E-state index >= 15 is 0 Å². The molecule has 1 aromatic carbocycles. The lowest BCUT2D eigenvalue weighted by molar-refractivity contribution is -0.133. The molecule has 0 bridgehead atoms. The molecule has 3 rings (SSSR count). The van der Waals surface area contributed by atoms with Gasteiger partial charge in [0.15, 0.2) is 0 Å². The van der Waals surface area contributed by atoms with E-state index in [-0.39, 0.29) is 0 Å². The Morgan fingerprint density at radius 3 is 2.58 bits per heavy atom. The first-order chi connectivity index (χ1) is 12.7. The van der Waals surface area contributed by atoms with E-state index in [2.05, 4.69) is 51.6 Å². The monoisotopic (exact) mass is 355 g/mol. The molecular formula is C22H33N3O. The van der Waals surface area contributed by atoms with Gasteiger partial charge in [-0.3, -0.25) is 14.6 Å². The highest BCUT2D eigenvalue weighted by molar-refractivity contribution is 5.76. The van der Waals surface area contributed by atoms with E-state index in [1.165, 1.54) is 24.9 Å². The van der Waals surface area contributed by atoms with Gasteiger partial charge >= 0.3 is 0 Å². The fraction of sp³-hybridized carbons (Fsp3) is 0.591. The third-order valence-electron chi connectivity index (χ3n) is 5.73. The van der Waals surface area contributed by atoms with Crippen molar-refractivity contribution in [2.75, 3.05) is 45.8 Å². The second-order valence-electron chi connectivity index (χ2n) is 7.74. The van der Waals surface area contributed by atoms with E-state index in [4.69, 9.17) is 0 Å². The molecule has 2 heterocycles. The van der Waals surface area contributed by atoms with Crippen LogP contribution in [-0.4, -0.2) is 66.4 Å². The van der Waals surface area contributed by atoms with Gasteiger partial charge in [0.1, 0.15) is 0 Å². The van der Waals surface area contributed by atoms with Gasteiger partial charge in [0.25, 0.3) is 0 Å². The SMILES string of the molecule is C=CCN1CCC[C@H](CCC(=O)N2CCN(Cc3ccccc3)CC2)C1. The minimum Gasteiger partial charge on any atom is -0.340 e. The molecule has 4 heteroatoms. The first-order valence-electron chi connectivity index (χ1n) is 10.1. The maximum absolute atomic E-state index is 12.6. The van der Waals surface area contributed by atoms with Crippen LogP contribution in [0.5, 0.6) is 0 Å². The summed E-state index contributed by atoms with van der Waals surface area (Å²) in [5.74, 6) is 1.03. The van der Waals surface area contributed by atoms with E-state index in [0.717, 1.165) is 52.2 Å². The van der Waals surface area contributed by atoms with Crippen LogP contribution in [0.15, 0.2) is 43.0 Å². The summed E-state index contributed by atoms with van der Waals surface area (Å²) >= 11 is 0. The van der Waals surface area contributed by atoms with Gasteiger partial charge in [-0.05, 0) is 37.3 Å². The summed E-state index contributed by atoms with van der Waals surface area (Å²) in [5.41, 5.74) is 1.36. The molecule has 2 fully saturated rings. The Balaban J connectivity index is 1.36. The number of amides is 1. The molecule has 0 spiro atoms. The zero-order valence-corrected chi connectivity index (χ0v) is 16.0. The lowest BCUT2D eigenvalue weighted by atomic mass is 9.93. The molecule has 0 N–H and O–H groups in total. The van der Waals surface area contributed by atoms with Crippen LogP contribution in [0.4, 0.5) is 0 Å². The zero-order chi connectivity index (χ0) is 18.2. The molecule has 0 aliphatic carbocycles. The number of rotatable bonds is 7. The van der Waals surface area contributed by atoms with Gasteiger partial charge in [-0.15, -0.1) is 6.58 Å². The third-order valence-corrected chi connectivity index (χ3v) is 5.73. The number of likely N-dealkylation sites (tertiary alicyclic amines) is 1. The smallest absolute Gasteiger partial charge is 0.222 e. The minimum atomic E-state index is 0.352. The molecule has 0 saturated carbocycles. The van der Waals surface area contributed by atoms with E-state index in [1.54, 1.807) is 0 Å². The Morgan fingerprint density at radius 1 is 1.08 bits per heavy atom. The molecule has 4 nitrogen and oxygen atoms in total. The topological polar surface area (TPSA) is 26.8 Å². The van der Waals surface area contributed by atoms with E-state index in [0.29, 0.717) is 18.2 Å². The maximum atomic E-state index is 12.6. The van der Waals surface area contributed by atoms with Crippen molar-refractivity contribution in [1.82, 2.24) is 14.7 Å². The van der Waals surface area contributed by atoms with Crippen molar-refractivity contribution < 1.29 is 4.79 Å². The van der Waals surface area contributed by atoms with Crippen LogP contribution in [0.1, 0.15) is 31.2 Å². The highest BCUT2D eigenvalue weighted by Crippen LogP contribution is 2.21. The van der Waals surface area contributed by atoms with Gasteiger partial charge in [-0.1, -0.05) is 36.4 Å². The van der Waals surface area contributed by atoms with Crippen LogP contribution in [-0.2, 0) is 11.3 Å². The van der Waals surface area contributed by atoms with Gasteiger partial charge in [0.05, 0.1) is 0 Å². The van der Waals surface area contributed by atoms with Crippen molar-refractivity contribution in [3.63, 3.8) is 0 Å². The van der Waals surface area contributed by atoms with Crippen LogP contribution >= 0.6 is 0 Å². The first-order valence-corrected chi connectivity index (χ1v) is 10.1. The van der Waals surface area contributed by atoms with Crippen molar-refractivity contribution in [3.05, 3.63) is 48.6 Å². The summed E-state index contributed by atoms with van der Waals surface area (Å²) in [7, 11) is 0. The fourth-order valence-electron chi connectivity index (χ4n) is 4.22. The number of piperazine rings is 1. The number of nitrogens with zero attached hydrogens (tertiary/aromatic N) is 3. The fourth-order valence-corrected chi connectivity index (χ4v) is 4.22. The van der Waals surface area contributed by atoms with E-state index in [1.807, 2.05) is 6.08 Å². The summed E-state index contributed by atoms with van der Waals surface area (Å²) in [4.78, 5) is 19.6. The van der Waals surface area contributed by atoms with E-state index < -0.39 is 0 Å². The van der Waals surface area contributed by atoms with Crippen molar-refractivity contribution in [3.8, 4) is 0 Å². The first kappa shape index (κ1) is 19.1. The highest BCUT2D eigenvalue weighted by atomic mass is 16.2. The summed E-state index contributed by atoms with van der Waals surface area (Å²) in [6, 6.07) is 10.6. The number of hydrogen-bond acceptors (Lipinski definition) is 3. The minimum absolute atomic E-state index is 0.352. The molecule has 1 amide bonds. The molecule has 2 aliphatic rings. The van der Waals surface area contributed by atoms with Crippen molar-refractivity contribution in [1.29, 1.82) is 0 Å². The Labute approximate surface area is 158 Å². The Morgan fingerprint density at radius 2 is 1.85 bits per heavy atom. The zero-order valence-electron chi connectivity index (χ0n) is 16.0. The molecular weight excluding hydrogens is 322 g/mol. The molecule has 0 unspecified atom stereocenters. The largest absolute Gasteiger partial charge is 0.340 e. The average Bonchev–Trinajstić information content (AvgIpc) is 2.68. The van der Waals surface area contributed by atoms with Crippen molar-refractivity contribution >= 4 is 5.91 Å². The highest BCUT2D eigenvalue weighted by Gasteiger charge is 2.23. The predicted octanol–water partition coefficient (Wildman–Crippen LogP) is 3.01. The summed E-state index contributed by atoms with van der Waals surface area (Å²) in [5, 5.41) is 0. The van der Waals surface area contributed by atoms with Gasteiger partial charge in [0.2, 0.25) is 5.91 Å². The van der Waals surface area contributed by atoms with Crippen LogP contribution in [0.3, 0.4) is 0 Å². The lowest BCUT2D eigenvalue weighted by Crippen LogP contribution is -2.48. The molecule has 0 radical (unpaired) electrons. The van der Waals surface area contributed by atoms with Crippen molar-refractivity contribution in [2.45, 2.75) is 32.2 Å². The lowest BCUT2D eigenvalue weighted by Gasteiger charge is -2.35. The summed E-state index contributed by atoms with van der Waals surface area (Å²) in [6.45, 7) is 11.8. The van der Waals surface area contributed by atoms with Gasteiger partial charge < -0.3 is 4.90 Å². The summed E-state index contributed by atoms with van der Waals surface area (Å²) < 4.78 is 0. The second-order valence-corrected chi connectivity index (χ2v) is 7.74. The second kappa shape index (κ2) is 9.89.